The zero-order chi connectivity index (χ0) is 26.3. The second-order valence-electron chi connectivity index (χ2n) is 9.12. The molecule has 9 nitrogen and oxygen atoms in total. The van der Waals surface area contributed by atoms with Crippen molar-refractivity contribution in [1.82, 2.24) is 0 Å². The Labute approximate surface area is 209 Å². The number of hydrogen-bond donors (Lipinski definition) is 8. The molecule has 0 aliphatic heterocycles. The minimum absolute atomic E-state index is 0.385. The summed E-state index contributed by atoms with van der Waals surface area (Å²) >= 11 is 0. The summed E-state index contributed by atoms with van der Waals surface area (Å²) in [4.78, 5) is 31.3. The summed E-state index contributed by atoms with van der Waals surface area (Å²) in [6.45, 7) is 3.26. The van der Waals surface area contributed by atoms with Gasteiger partial charge in [-0.05, 0) is 12.8 Å². The second kappa shape index (κ2) is 23.9. The molecule has 0 aromatic carbocycles. The van der Waals surface area contributed by atoms with Crippen LogP contribution in [0.3, 0.4) is 0 Å². The van der Waals surface area contributed by atoms with Gasteiger partial charge in [0.15, 0.2) is 0 Å². The third-order valence-corrected chi connectivity index (χ3v) is 7.60. The van der Waals surface area contributed by atoms with Crippen LogP contribution in [0, 0.1) is 5.41 Å². The van der Waals surface area contributed by atoms with Gasteiger partial charge in [-0.3, -0.25) is 0 Å². The van der Waals surface area contributed by atoms with E-state index in [1.54, 1.807) is 0 Å². The lowest BCUT2D eigenvalue weighted by molar-refractivity contribution is -0.162. The van der Waals surface area contributed by atoms with Crippen LogP contribution in [-0.2, 0) is 4.31 Å². The van der Waals surface area contributed by atoms with E-state index in [0.29, 0.717) is 12.8 Å². The molecule has 8 N–H and O–H groups in total. The Morgan fingerprint density at radius 2 is 0.824 bits per heavy atom. The van der Waals surface area contributed by atoms with E-state index in [9.17, 15) is 20.4 Å². The molecule has 0 aliphatic rings. The summed E-state index contributed by atoms with van der Waals surface area (Å²) in [6.07, 6.45) is 17.3. The Balaban J connectivity index is 0. The van der Waals surface area contributed by atoms with E-state index in [4.69, 9.17) is 19.6 Å². The minimum atomic E-state index is -2.61. The van der Waals surface area contributed by atoms with Crippen molar-refractivity contribution in [3.05, 3.63) is 0 Å². The van der Waals surface area contributed by atoms with Gasteiger partial charge in [-0.2, -0.15) is 0 Å². The maximum absolute atomic E-state index is 11.3. The molecule has 208 valence electrons. The van der Waals surface area contributed by atoms with Crippen molar-refractivity contribution in [2.75, 3.05) is 19.8 Å². The molecule has 0 aromatic heterocycles. The van der Waals surface area contributed by atoms with E-state index in [1.807, 2.05) is 0 Å². The predicted octanol–water partition coefficient (Wildman–Crippen LogP) is 4.39. The Morgan fingerprint density at radius 3 is 1.06 bits per heavy atom. The summed E-state index contributed by atoms with van der Waals surface area (Å²) in [5.41, 5.74) is -2.41. The Hall–Kier alpha value is 0.500. The highest BCUT2D eigenvalue weighted by atomic mass is 31.2. The molecule has 0 unspecified atom stereocenters. The summed E-state index contributed by atoms with van der Waals surface area (Å²) in [5, 5.41) is 40.8. The minimum Gasteiger partial charge on any atom is -0.395 e. The van der Waals surface area contributed by atoms with Gasteiger partial charge in [0, 0.05) is 0 Å². The molecular formula is C23H52O9P2. The van der Waals surface area contributed by atoms with E-state index in [1.165, 1.54) is 51.4 Å². The van der Waals surface area contributed by atoms with Crippen LogP contribution in [-0.4, -0.2) is 65.4 Å². The average molecular weight is 535 g/mol. The molecule has 0 amide bonds. The highest BCUT2D eigenvalue weighted by molar-refractivity contribution is 7.53. The fourth-order valence-corrected chi connectivity index (χ4v) is 4.58. The van der Waals surface area contributed by atoms with Crippen molar-refractivity contribution in [3.8, 4) is 0 Å². The van der Waals surface area contributed by atoms with Crippen LogP contribution in [0.25, 0.3) is 0 Å². The molecule has 0 bridgehead atoms. The Kier molecular flexibility index (Phi) is 25.7. The first-order valence-electron chi connectivity index (χ1n) is 12.8. The van der Waals surface area contributed by atoms with Gasteiger partial charge < -0.3 is 40.0 Å². The van der Waals surface area contributed by atoms with Crippen LogP contribution in [0.15, 0.2) is 0 Å². The van der Waals surface area contributed by atoms with Crippen molar-refractivity contribution in [3.63, 3.8) is 0 Å². The van der Waals surface area contributed by atoms with Crippen molar-refractivity contribution in [2.24, 2.45) is 5.41 Å². The summed E-state index contributed by atoms with van der Waals surface area (Å²) in [6, 6.07) is 0. The lowest BCUT2D eigenvalue weighted by Crippen LogP contribution is -2.55. The monoisotopic (exact) mass is 534 g/mol. The molecule has 0 spiro atoms. The van der Waals surface area contributed by atoms with E-state index in [-0.39, 0.29) is 19.8 Å². The summed E-state index contributed by atoms with van der Waals surface area (Å²) in [7, 11) is -5.22. The van der Waals surface area contributed by atoms with Crippen LogP contribution >= 0.6 is 17.2 Å². The highest BCUT2D eigenvalue weighted by Gasteiger charge is 2.48. The third kappa shape index (κ3) is 17.9. The fourth-order valence-electron chi connectivity index (χ4n) is 4.06. The van der Waals surface area contributed by atoms with Gasteiger partial charge in [0.25, 0.3) is 0 Å². The molecule has 0 radical (unpaired) electrons. The van der Waals surface area contributed by atoms with Gasteiger partial charge >= 0.3 is 17.2 Å². The highest BCUT2D eigenvalue weighted by Crippen LogP contribution is 2.42. The second-order valence-corrected chi connectivity index (χ2v) is 10.8. The van der Waals surface area contributed by atoms with E-state index >= 15 is 0 Å². The van der Waals surface area contributed by atoms with Gasteiger partial charge in [-0.1, -0.05) is 104 Å². The smallest absolute Gasteiger partial charge is 0.334 e. The van der Waals surface area contributed by atoms with Crippen LogP contribution in [0.2, 0.25) is 0 Å². The Morgan fingerprint density at radius 1 is 0.529 bits per heavy atom. The molecule has 0 saturated heterocycles. The summed E-state index contributed by atoms with van der Waals surface area (Å²) < 4.78 is 3.60. The van der Waals surface area contributed by atoms with Gasteiger partial charge in [-0.25, -0.2) is 4.31 Å². The van der Waals surface area contributed by atoms with E-state index in [0.717, 1.165) is 38.5 Å². The first kappa shape index (κ1) is 36.7. The third-order valence-electron chi connectivity index (χ3n) is 6.43. The first-order valence-corrected chi connectivity index (χ1v) is 15.1. The predicted molar refractivity (Wildman–Crippen MR) is 138 cm³/mol. The molecule has 0 atom stereocenters. The SMILES string of the molecule is CCCCCCCCCC(O)(CCCCCCCCC)C(CO)(CO)CO.OP(O)OP(O)O. The molecule has 0 rings (SSSR count). The molecule has 0 aromatic rings. The maximum Gasteiger partial charge on any atom is 0.334 e. The molecule has 11 heteroatoms. The number of hydrogen-bond acceptors (Lipinski definition) is 9. The number of aliphatic hydroxyl groups excluding tert-OH is 3. The largest absolute Gasteiger partial charge is 0.395 e. The molecular weight excluding hydrogens is 482 g/mol. The topological polar surface area (TPSA) is 171 Å². The van der Waals surface area contributed by atoms with Gasteiger partial charge in [0.2, 0.25) is 0 Å². The van der Waals surface area contributed by atoms with Crippen LogP contribution in [0.1, 0.15) is 117 Å². The van der Waals surface area contributed by atoms with E-state index < -0.39 is 28.2 Å². The first-order chi connectivity index (χ1) is 16.2. The Bertz CT molecular complexity index is 393. The van der Waals surface area contributed by atoms with Crippen LogP contribution < -0.4 is 0 Å². The zero-order valence-corrected chi connectivity index (χ0v) is 23.1. The average Bonchev–Trinajstić information content (AvgIpc) is 2.79. The standard InChI is InChI=1S/C23H48O4.H4O5P2/c1-3-5-7-9-11-13-15-17-23(27,22(19-24,20-25)21-26)18-16-14-12-10-8-6-4-2;1-6(2)5-7(3)4/h24-27H,3-21H2,1-2H3;1-4H. The zero-order valence-electron chi connectivity index (χ0n) is 21.3. The van der Waals surface area contributed by atoms with Gasteiger partial charge in [0.1, 0.15) is 0 Å². The van der Waals surface area contributed by atoms with Crippen molar-refractivity contribution in [1.29, 1.82) is 0 Å². The molecule has 34 heavy (non-hydrogen) atoms. The fraction of sp³-hybridized carbons (Fsp3) is 1.00. The normalized spacial score (nSPS) is 12.4. The van der Waals surface area contributed by atoms with Gasteiger partial charge in [-0.15, -0.1) is 0 Å². The van der Waals surface area contributed by atoms with Crippen LogP contribution in [0.5, 0.6) is 0 Å². The summed E-state index contributed by atoms with van der Waals surface area (Å²) in [5.74, 6) is 0. The van der Waals surface area contributed by atoms with Crippen molar-refractivity contribution in [2.45, 2.75) is 122 Å². The molecule has 0 heterocycles. The van der Waals surface area contributed by atoms with Crippen molar-refractivity contribution >= 4 is 17.2 Å². The number of aliphatic hydroxyl groups is 4. The number of rotatable bonds is 22. The quantitative estimate of drug-likeness (QED) is 0.0741. The molecule has 0 fully saturated rings. The molecule has 0 aliphatic carbocycles. The molecule has 0 saturated carbocycles. The number of unbranched alkanes of at least 4 members (excludes halogenated alkanes) is 12. The lowest BCUT2D eigenvalue weighted by Gasteiger charge is -2.44. The van der Waals surface area contributed by atoms with Crippen LogP contribution in [0.4, 0.5) is 0 Å². The maximum atomic E-state index is 11.3. The van der Waals surface area contributed by atoms with Crippen molar-refractivity contribution < 1.29 is 44.3 Å². The lowest BCUT2D eigenvalue weighted by atomic mass is 9.68. The van der Waals surface area contributed by atoms with Gasteiger partial charge in [0.05, 0.1) is 30.8 Å². The van der Waals surface area contributed by atoms with E-state index in [2.05, 4.69) is 18.2 Å².